The van der Waals surface area contributed by atoms with Gasteiger partial charge in [0.2, 0.25) is 0 Å². The Hall–Kier alpha value is -2.04. The summed E-state index contributed by atoms with van der Waals surface area (Å²) >= 11 is 6.15. The topological polar surface area (TPSA) is 52.5 Å². The first-order valence-electron chi connectivity index (χ1n) is 6.30. The van der Waals surface area contributed by atoms with E-state index in [1.807, 2.05) is 53.2 Å². The normalized spacial score (nSPS) is 10.9. The average molecular weight is 288 g/mol. The number of halogens is 1. The van der Waals surface area contributed by atoms with Crippen molar-refractivity contribution < 1.29 is 4.74 Å². The second kappa shape index (κ2) is 5.53. The van der Waals surface area contributed by atoms with Crippen LogP contribution >= 0.6 is 11.6 Å². The van der Waals surface area contributed by atoms with Crippen LogP contribution in [0.2, 0.25) is 5.02 Å². The smallest absolute Gasteiger partial charge is 0.138 e. The molecule has 102 valence electrons. The minimum atomic E-state index is 0.378. The molecule has 2 heterocycles. The van der Waals surface area contributed by atoms with E-state index in [9.17, 15) is 0 Å². The molecule has 0 fully saturated rings. The van der Waals surface area contributed by atoms with Crippen LogP contribution in [0.25, 0.3) is 5.65 Å². The molecule has 0 saturated heterocycles. The molecule has 3 aromatic rings. The van der Waals surface area contributed by atoms with Crippen molar-refractivity contribution >= 4 is 17.2 Å². The number of imidazole rings is 1. The number of nitrogens with zero attached hydrogens (tertiary/aromatic N) is 2. The van der Waals surface area contributed by atoms with Crippen LogP contribution in [0.15, 0.2) is 48.8 Å². The standard InChI is InChI=1S/C15H14ClN3O/c16-13-7-11(8-17)4-5-14(13)20-10-12-9-19-6-2-1-3-15(19)18-12/h1-7,9H,8,10,17H2. The van der Waals surface area contributed by atoms with Crippen LogP contribution in [0.5, 0.6) is 5.75 Å². The largest absolute Gasteiger partial charge is 0.486 e. The molecular formula is C15H14ClN3O. The third-order valence-corrected chi connectivity index (χ3v) is 3.32. The van der Waals surface area contributed by atoms with Gasteiger partial charge in [-0.1, -0.05) is 23.7 Å². The Morgan fingerprint density at radius 2 is 2.15 bits per heavy atom. The molecule has 2 N–H and O–H groups in total. The van der Waals surface area contributed by atoms with Crippen molar-refractivity contribution in [2.24, 2.45) is 5.73 Å². The Labute approximate surface area is 121 Å². The molecule has 0 bridgehead atoms. The maximum absolute atomic E-state index is 6.15. The molecule has 20 heavy (non-hydrogen) atoms. The van der Waals surface area contributed by atoms with Gasteiger partial charge in [-0.05, 0) is 29.8 Å². The monoisotopic (exact) mass is 287 g/mol. The van der Waals surface area contributed by atoms with E-state index in [2.05, 4.69) is 4.98 Å². The molecule has 4 nitrogen and oxygen atoms in total. The van der Waals surface area contributed by atoms with Crippen LogP contribution in [0.3, 0.4) is 0 Å². The first-order valence-corrected chi connectivity index (χ1v) is 6.68. The summed E-state index contributed by atoms with van der Waals surface area (Å²) in [7, 11) is 0. The fraction of sp³-hybridized carbons (Fsp3) is 0.133. The molecule has 0 amide bonds. The van der Waals surface area contributed by atoms with Crippen LogP contribution in [0, 0.1) is 0 Å². The highest BCUT2D eigenvalue weighted by molar-refractivity contribution is 6.32. The Morgan fingerprint density at radius 1 is 1.25 bits per heavy atom. The third-order valence-electron chi connectivity index (χ3n) is 3.02. The lowest BCUT2D eigenvalue weighted by Gasteiger charge is -2.07. The van der Waals surface area contributed by atoms with Gasteiger partial charge in [0, 0.05) is 18.9 Å². The predicted molar refractivity (Wildman–Crippen MR) is 78.9 cm³/mol. The number of nitrogens with two attached hydrogens (primary N) is 1. The van der Waals surface area contributed by atoms with Gasteiger partial charge in [-0.3, -0.25) is 0 Å². The molecule has 0 aliphatic carbocycles. The minimum absolute atomic E-state index is 0.378. The van der Waals surface area contributed by atoms with Crippen molar-refractivity contribution in [2.45, 2.75) is 13.2 Å². The van der Waals surface area contributed by atoms with Crippen LogP contribution in [-0.4, -0.2) is 9.38 Å². The minimum Gasteiger partial charge on any atom is -0.486 e. The van der Waals surface area contributed by atoms with Crippen molar-refractivity contribution in [1.29, 1.82) is 0 Å². The molecule has 1 aromatic carbocycles. The van der Waals surface area contributed by atoms with E-state index in [1.54, 1.807) is 0 Å². The molecular weight excluding hydrogens is 274 g/mol. The van der Waals surface area contributed by atoms with Crippen molar-refractivity contribution in [2.75, 3.05) is 0 Å². The first kappa shape index (κ1) is 13.0. The molecule has 0 saturated carbocycles. The summed E-state index contributed by atoms with van der Waals surface area (Å²) < 4.78 is 7.66. The van der Waals surface area contributed by atoms with Crippen molar-refractivity contribution in [3.8, 4) is 5.75 Å². The Bertz CT molecular complexity index is 706. The first-order chi connectivity index (χ1) is 9.76. The number of benzene rings is 1. The lowest BCUT2D eigenvalue weighted by molar-refractivity contribution is 0.302. The van der Waals surface area contributed by atoms with Gasteiger partial charge in [0.1, 0.15) is 18.0 Å². The van der Waals surface area contributed by atoms with E-state index in [4.69, 9.17) is 22.1 Å². The third kappa shape index (κ3) is 2.61. The maximum Gasteiger partial charge on any atom is 0.138 e. The van der Waals surface area contributed by atoms with Gasteiger partial charge in [-0.15, -0.1) is 0 Å². The van der Waals surface area contributed by atoms with Gasteiger partial charge >= 0.3 is 0 Å². The summed E-state index contributed by atoms with van der Waals surface area (Å²) in [6, 6.07) is 11.4. The number of hydrogen-bond acceptors (Lipinski definition) is 3. The molecule has 3 rings (SSSR count). The van der Waals surface area contributed by atoms with E-state index in [0.29, 0.717) is 23.9 Å². The molecule has 5 heteroatoms. The van der Waals surface area contributed by atoms with Gasteiger partial charge in [0.05, 0.1) is 10.7 Å². The Kier molecular flexibility index (Phi) is 3.58. The molecule has 0 aliphatic rings. The zero-order valence-corrected chi connectivity index (χ0v) is 11.5. The highest BCUT2D eigenvalue weighted by Gasteiger charge is 2.05. The molecule has 0 spiro atoms. The van der Waals surface area contributed by atoms with E-state index >= 15 is 0 Å². The van der Waals surface area contributed by atoms with E-state index in [1.165, 1.54) is 0 Å². The van der Waals surface area contributed by atoms with Gasteiger partial charge in [-0.2, -0.15) is 0 Å². The summed E-state index contributed by atoms with van der Waals surface area (Å²) in [5.41, 5.74) is 8.30. The quantitative estimate of drug-likeness (QED) is 0.802. The van der Waals surface area contributed by atoms with Gasteiger partial charge in [0.15, 0.2) is 0 Å². The highest BCUT2D eigenvalue weighted by Crippen LogP contribution is 2.26. The van der Waals surface area contributed by atoms with E-state index < -0.39 is 0 Å². The number of aromatic nitrogens is 2. The second-order valence-electron chi connectivity index (χ2n) is 4.46. The lowest BCUT2D eigenvalue weighted by atomic mass is 10.2. The number of hydrogen-bond donors (Lipinski definition) is 1. The van der Waals surface area contributed by atoms with Crippen LogP contribution < -0.4 is 10.5 Å². The van der Waals surface area contributed by atoms with Crippen molar-refractivity contribution in [1.82, 2.24) is 9.38 Å². The number of fused-ring (bicyclic) bond motifs is 1. The molecule has 0 radical (unpaired) electrons. The van der Waals surface area contributed by atoms with Crippen LogP contribution in [0.4, 0.5) is 0 Å². The SMILES string of the molecule is NCc1ccc(OCc2cn3ccccc3n2)c(Cl)c1. The van der Waals surface area contributed by atoms with E-state index in [0.717, 1.165) is 16.9 Å². The van der Waals surface area contributed by atoms with Crippen molar-refractivity contribution in [3.05, 3.63) is 65.1 Å². The fourth-order valence-corrected chi connectivity index (χ4v) is 2.25. The van der Waals surface area contributed by atoms with Gasteiger partial charge in [0.25, 0.3) is 0 Å². The molecule has 0 aliphatic heterocycles. The maximum atomic E-state index is 6.15. The van der Waals surface area contributed by atoms with E-state index in [-0.39, 0.29) is 0 Å². The summed E-state index contributed by atoms with van der Waals surface area (Å²) in [6.07, 6.45) is 3.90. The average Bonchev–Trinajstić information content (AvgIpc) is 2.88. The number of ether oxygens (including phenoxy) is 1. The number of pyridine rings is 1. The zero-order valence-electron chi connectivity index (χ0n) is 10.8. The van der Waals surface area contributed by atoms with Gasteiger partial charge < -0.3 is 14.9 Å². The van der Waals surface area contributed by atoms with Crippen LogP contribution in [-0.2, 0) is 13.2 Å². The molecule has 2 aromatic heterocycles. The van der Waals surface area contributed by atoms with Crippen molar-refractivity contribution in [3.63, 3.8) is 0 Å². The fourth-order valence-electron chi connectivity index (χ4n) is 2.00. The summed E-state index contributed by atoms with van der Waals surface area (Å²) in [5, 5.41) is 0.566. The Balaban J connectivity index is 1.75. The zero-order chi connectivity index (χ0) is 13.9. The summed E-state index contributed by atoms with van der Waals surface area (Å²) in [4.78, 5) is 4.47. The molecule has 0 unspecified atom stereocenters. The second-order valence-corrected chi connectivity index (χ2v) is 4.86. The molecule has 0 atom stereocenters. The highest BCUT2D eigenvalue weighted by atomic mass is 35.5. The summed E-state index contributed by atoms with van der Waals surface area (Å²) in [6.45, 7) is 0.843. The van der Waals surface area contributed by atoms with Crippen LogP contribution in [0.1, 0.15) is 11.3 Å². The van der Waals surface area contributed by atoms with Gasteiger partial charge in [-0.25, -0.2) is 4.98 Å². The Morgan fingerprint density at radius 3 is 2.90 bits per heavy atom. The lowest BCUT2D eigenvalue weighted by Crippen LogP contribution is -1.99. The predicted octanol–water partition coefficient (Wildman–Crippen LogP) is 3.03. The summed E-state index contributed by atoms with van der Waals surface area (Å²) in [5.74, 6) is 0.640. The number of rotatable bonds is 4.